The summed E-state index contributed by atoms with van der Waals surface area (Å²) in [5, 5.41) is 38.3. The summed E-state index contributed by atoms with van der Waals surface area (Å²) in [4.78, 5) is 42.9. The van der Waals surface area contributed by atoms with Gasteiger partial charge in [0.2, 0.25) is 0 Å². The molecule has 23 heteroatoms. The van der Waals surface area contributed by atoms with E-state index in [0.29, 0.717) is 0 Å². The van der Waals surface area contributed by atoms with E-state index >= 15 is 0 Å². The molecule has 7 unspecified atom stereocenters. The van der Waals surface area contributed by atoms with Gasteiger partial charge in [-0.3, -0.25) is 9.05 Å². The largest absolute Gasteiger partial charge is 0.778 e. The van der Waals surface area contributed by atoms with Crippen molar-refractivity contribution in [3.63, 3.8) is 0 Å². The van der Waals surface area contributed by atoms with Crippen LogP contribution >= 0.6 is 30.8 Å². The number of rotatable bonds is 12. The first kappa shape index (κ1) is 31.6. The van der Waals surface area contributed by atoms with E-state index < -0.39 is 98.7 Å². The lowest BCUT2D eigenvalue weighted by atomic mass is 9.93. The highest BCUT2D eigenvalue weighted by Gasteiger charge is 2.43. The van der Waals surface area contributed by atoms with Crippen LogP contribution in [0.5, 0.6) is 0 Å². The van der Waals surface area contributed by atoms with Crippen LogP contribution in [0.3, 0.4) is 0 Å². The Labute approximate surface area is 199 Å². The predicted octanol–water partition coefficient (Wildman–Crippen LogP) is -3.56. The molecule has 2 radical (unpaired) electrons. The van der Waals surface area contributed by atoms with Crippen LogP contribution in [-0.4, -0.2) is 106 Å². The Kier molecular flexibility index (Phi) is 10.5. The number of ether oxygens (including phenoxy) is 2. The van der Waals surface area contributed by atoms with Crippen LogP contribution in [0.25, 0.3) is 0 Å². The Morgan fingerprint density at radius 1 is 0.771 bits per heavy atom. The van der Waals surface area contributed by atoms with Crippen molar-refractivity contribution in [1.82, 2.24) is 0 Å². The van der Waals surface area contributed by atoms with Crippen LogP contribution in [-0.2, 0) is 45.4 Å². The van der Waals surface area contributed by atoms with Gasteiger partial charge in [0.25, 0.3) is 0 Å². The zero-order valence-corrected chi connectivity index (χ0v) is 21.3. The van der Waals surface area contributed by atoms with Gasteiger partial charge >= 0.3 is 15.6 Å². The van der Waals surface area contributed by atoms with E-state index in [-0.39, 0.29) is 0 Å². The van der Waals surface area contributed by atoms with Gasteiger partial charge in [0.05, 0.1) is 31.3 Å². The van der Waals surface area contributed by atoms with Gasteiger partial charge in [-0.05, 0) is 6.92 Å². The van der Waals surface area contributed by atoms with Crippen molar-refractivity contribution in [2.45, 2.75) is 55.7 Å². The highest BCUT2D eigenvalue weighted by atomic mass is 31.3. The molecule has 0 aliphatic carbocycles. The van der Waals surface area contributed by atoms with Crippen LogP contribution in [0.4, 0.5) is 0 Å². The van der Waals surface area contributed by atoms with Crippen LogP contribution in [0.15, 0.2) is 0 Å². The monoisotopic (exact) mass is 590 g/mol. The summed E-state index contributed by atoms with van der Waals surface area (Å²) in [7, 11) is -17.5. The van der Waals surface area contributed by atoms with Gasteiger partial charge in [-0.2, -0.15) is 0 Å². The van der Waals surface area contributed by atoms with E-state index in [9.17, 15) is 58.3 Å². The van der Waals surface area contributed by atoms with Crippen molar-refractivity contribution in [2.24, 2.45) is 0 Å². The molecule has 204 valence electrons. The summed E-state index contributed by atoms with van der Waals surface area (Å²) in [6, 6.07) is -1.37. The minimum Gasteiger partial charge on any atom is -0.778 e. The Balaban J connectivity index is 1.89. The molecule has 0 aromatic heterocycles. The first-order valence-electron chi connectivity index (χ1n) is 9.50. The van der Waals surface area contributed by atoms with Crippen molar-refractivity contribution in [1.29, 1.82) is 0 Å². The molecule has 2 aliphatic rings. The first-order valence-corrected chi connectivity index (χ1v) is 16.0. The van der Waals surface area contributed by atoms with Crippen molar-refractivity contribution in [3.05, 3.63) is 0 Å². The molecule has 2 rings (SSSR count). The fourth-order valence-corrected chi connectivity index (χ4v) is 9.55. The highest BCUT2D eigenvalue weighted by molar-refractivity contribution is 7.75. The van der Waals surface area contributed by atoms with E-state index in [2.05, 4.69) is 17.7 Å². The Morgan fingerprint density at radius 2 is 1.17 bits per heavy atom. The lowest BCUT2D eigenvalue weighted by Gasteiger charge is -2.32. The number of hydrogen-bond donors (Lipinski definition) is 6. The first-order chi connectivity index (χ1) is 15.7. The fraction of sp³-hybridized carbons (Fsp3) is 1.00. The molecule has 2 aliphatic heterocycles. The number of hydrogen-bond acceptors (Lipinski definition) is 16. The molecule has 12 atom stereocenters. The maximum absolute atomic E-state index is 11.9. The lowest BCUT2D eigenvalue weighted by molar-refractivity contribution is -0.200. The zero-order valence-electron chi connectivity index (χ0n) is 17.7. The van der Waals surface area contributed by atoms with Gasteiger partial charge in [-0.25, -0.2) is 17.8 Å². The second kappa shape index (κ2) is 11.7. The Bertz CT molecular complexity index is 861. The average molecular weight is 590 g/mol. The van der Waals surface area contributed by atoms with Crippen molar-refractivity contribution in [3.8, 4) is 0 Å². The molecule has 2 fully saturated rings. The highest BCUT2D eigenvalue weighted by Crippen LogP contribution is 2.67. The van der Waals surface area contributed by atoms with E-state index in [0.717, 1.165) is 0 Å². The molecule has 0 amide bonds. The summed E-state index contributed by atoms with van der Waals surface area (Å²) in [5.74, 6) is -2.19. The summed E-state index contributed by atoms with van der Waals surface area (Å²) in [5.41, 5.74) is 0. The maximum Gasteiger partial charge on any atom is 0.477 e. The van der Waals surface area contributed by atoms with E-state index in [4.69, 9.17) is 17.3 Å². The van der Waals surface area contributed by atoms with Crippen LogP contribution in [0, 0.1) is 0 Å². The van der Waals surface area contributed by atoms with Gasteiger partial charge in [-0.1, -0.05) is 0 Å². The molecule has 35 heavy (non-hydrogen) atoms. The van der Waals surface area contributed by atoms with Crippen LogP contribution in [0.1, 0.15) is 6.92 Å². The minimum atomic E-state index is -5.84. The fourth-order valence-electron chi connectivity index (χ4n) is 2.95. The standard InChI is InChI=1S/C12H25BO18P4/c1-5-8(14)9(15)6(28-5)2-26-34(22,23)30-32(18,19)4-33(20,21)31-35(24,25)27-3-7-10(16)11(17)12(13)29-7/h5-12,14-17H,2-4H2,1H3,(H,18,19)(H,20,21)(H,22,23)(H,24,25)/p-2/t5-,6+,7+,8?,9-,10?,11?,12+/m0/s1. The quantitative estimate of drug-likeness (QED) is 0.0947. The molecule has 0 aromatic carbocycles. The average Bonchev–Trinajstić information content (AvgIpc) is 3.06. The molecule has 0 bridgehead atoms. The third-order valence-electron chi connectivity index (χ3n) is 4.61. The maximum atomic E-state index is 11.9. The van der Waals surface area contributed by atoms with Gasteiger partial charge < -0.3 is 58.6 Å². The van der Waals surface area contributed by atoms with Crippen LogP contribution in [0.2, 0.25) is 0 Å². The third-order valence-corrected chi connectivity index (χ3v) is 12.0. The molecule has 2 heterocycles. The molecule has 0 saturated carbocycles. The molecule has 0 spiro atoms. The topological polar surface area (TPSA) is 291 Å². The van der Waals surface area contributed by atoms with Gasteiger partial charge in [0.1, 0.15) is 38.4 Å². The number of phosphoric acid groups is 2. The summed E-state index contributed by atoms with van der Waals surface area (Å²) in [6.45, 7) is -0.576. The van der Waals surface area contributed by atoms with Gasteiger partial charge in [0, 0.05) is 6.00 Å². The second-order valence-electron chi connectivity index (χ2n) is 7.54. The molecule has 0 aromatic rings. The number of aliphatic hydroxyl groups is 4. The Hall–Kier alpha value is 0.425. The molecular weight excluding hydrogens is 567 g/mol. The van der Waals surface area contributed by atoms with Crippen molar-refractivity contribution < 1.29 is 85.4 Å². The minimum absolute atomic E-state index is 0.881. The van der Waals surface area contributed by atoms with Gasteiger partial charge in [-0.15, -0.1) is 0 Å². The number of phosphoric ester groups is 2. The summed E-state index contributed by atoms with van der Waals surface area (Å²) >= 11 is 0. The van der Waals surface area contributed by atoms with E-state index in [1.807, 2.05) is 0 Å². The number of aliphatic hydroxyl groups excluding tert-OH is 4. The summed E-state index contributed by atoms with van der Waals surface area (Å²) < 4.78 is 73.7. The summed E-state index contributed by atoms with van der Waals surface area (Å²) in [6.07, 6.45) is -9.85. The van der Waals surface area contributed by atoms with Gasteiger partial charge in [0.15, 0.2) is 15.2 Å². The molecule has 2 saturated heterocycles. The van der Waals surface area contributed by atoms with Crippen molar-refractivity contribution >= 4 is 38.7 Å². The van der Waals surface area contributed by atoms with Crippen LogP contribution < -0.4 is 9.79 Å². The second-order valence-corrected chi connectivity index (χ2v) is 14.8. The normalized spacial score (nSPS) is 40.5. The molecule has 6 N–H and O–H groups in total. The smallest absolute Gasteiger partial charge is 0.477 e. The van der Waals surface area contributed by atoms with E-state index in [1.54, 1.807) is 0 Å². The SMILES string of the molecule is [B][C@@H]1O[C@H](COP(=O)(O)OP(=O)([O-])CP(=O)([O-])OP(=O)(O)OC[C@H]2O[C@@H](C)C(O)[C@H]2O)C(O)C1O. The predicted molar refractivity (Wildman–Crippen MR) is 107 cm³/mol. The third kappa shape index (κ3) is 9.29. The Morgan fingerprint density at radius 3 is 1.51 bits per heavy atom. The van der Waals surface area contributed by atoms with Crippen molar-refractivity contribution in [2.75, 3.05) is 19.1 Å². The molecular formula is C12H23BO18P4-2. The van der Waals surface area contributed by atoms with E-state index in [1.165, 1.54) is 6.92 Å². The lowest BCUT2D eigenvalue weighted by Crippen LogP contribution is -2.34. The zero-order chi connectivity index (χ0) is 27.0. The molecule has 18 nitrogen and oxygen atoms in total.